The van der Waals surface area contributed by atoms with E-state index in [2.05, 4.69) is 60.4 Å². The molecule has 2 N–H and O–H groups in total. The molecule has 0 spiro atoms. The van der Waals surface area contributed by atoms with Gasteiger partial charge < -0.3 is 24.5 Å². The van der Waals surface area contributed by atoms with Gasteiger partial charge in [-0.1, -0.05) is 61.0 Å². The third kappa shape index (κ3) is 14.2. The first-order valence-electron chi connectivity index (χ1n) is 14.9. The quantitative estimate of drug-likeness (QED) is 0.120. The third-order valence-electron chi connectivity index (χ3n) is 7.26. The van der Waals surface area contributed by atoms with Crippen molar-refractivity contribution in [2.45, 2.75) is 90.8 Å². The van der Waals surface area contributed by atoms with Crippen LogP contribution in [-0.2, 0) is 36.4 Å². The van der Waals surface area contributed by atoms with Crippen LogP contribution < -0.4 is 15.4 Å². The standard InChI is InChI=1S/C32H49BrN2O8SSi/c1-31(2,3)42-30(37)35-21-24-13-11-10-12-23(24)14-16-26(43-45(8,9)32(4,5)6)22-34-29(36)27-17-15-25(33)20-28(27)40-18-19-41-44(7,38)39/h10-13,15,17,20,26H,14,16,18-19,21-22H2,1-9H3,(H,34,36)(H,35,37)/t26-/m0/s1. The minimum atomic E-state index is -3.60. The van der Waals surface area contributed by atoms with Crippen LogP contribution in [0.4, 0.5) is 4.79 Å². The van der Waals surface area contributed by atoms with Crippen molar-refractivity contribution in [1.29, 1.82) is 0 Å². The molecule has 10 nitrogen and oxygen atoms in total. The molecule has 2 rings (SSSR count). The van der Waals surface area contributed by atoms with E-state index in [4.69, 9.17) is 18.1 Å². The van der Waals surface area contributed by atoms with E-state index in [9.17, 15) is 18.0 Å². The Kier molecular flexibility index (Phi) is 14.1. The molecule has 0 bridgehead atoms. The molecule has 0 heterocycles. The lowest BCUT2D eigenvalue weighted by Crippen LogP contribution is -2.47. The van der Waals surface area contributed by atoms with E-state index in [0.29, 0.717) is 35.2 Å². The van der Waals surface area contributed by atoms with Gasteiger partial charge in [0.05, 0.1) is 17.9 Å². The Labute approximate surface area is 278 Å². The Morgan fingerprint density at radius 2 is 1.60 bits per heavy atom. The highest BCUT2D eigenvalue weighted by Crippen LogP contribution is 2.37. The smallest absolute Gasteiger partial charge is 0.407 e. The van der Waals surface area contributed by atoms with E-state index in [1.54, 1.807) is 18.2 Å². The number of nitrogens with one attached hydrogen (secondary N) is 2. The number of halogens is 1. The van der Waals surface area contributed by atoms with Crippen LogP contribution in [0, 0.1) is 0 Å². The summed E-state index contributed by atoms with van der Waals surface area (Å²) in [5, 5.41) is 5.83. The molecule has 1 atom stereocenters. The number of hydrogen-bond acceptors (Lipinski definition) is 8. The molecule has 0 aromatic heterocycles. The van der Waals surface area contributed by atoms with Crippen molar-refractivity contribution in [2.24, 2.45) is 0 Å². The van der Waals surface area contributed by atoms with Crippen molar-refractivity contribution >= 4 is 46.4 Å². The number of hydrogen-bond donors (Lipinski definition) is 2. The first-order valence-corrected chi connectivity index (χ1v) is 20.4. The second-order valence-electron chi connectivity index (χ2n) is 13.4. The number of amides is 2. The van der Waals surface area contributed by atoms with Gasteiger partial charge in [0.2, 0.25) is 0 Å². The lowest BCUT2D eigenvalue weighted by molar-refractivity contribution is 0.0523. The largest absolute Gasteiger partial charge is 0.490 e. The van der Waals surface area contributed by atoms with Crippen LogP contribution in [0.15, 0.2) is 46.9 Å². The monoisotopic (exact) mass is 728 g/mol. The number of rotatable bonds is 15. The molecular weight excluding hydrogens is 680 g/mol. The zero-order valence-corrected chi connectivity index (χ0v) is 31.3. The maximum Gasteiger partial charge on any atom is 0.407 e. The van der Waals surface area contributed by atoms with Gasteiger partial charge >= 0.3 is 6.09 Å². The summed E-state index contributed by atoms with van der Waals surface area (Å²) in [4.78, 5) is 25.6. The van der Waals surface area contributed by atoms with Crippen LogP contribution in [0.3, 0.4) is 0 Å². The molecule has 2 amide bonds. The SMILES string of the molecule is CC(C)(C)OC(=O)NCc1ccccc1CC[C@@H](CNC(=O)c1ccc(Br)cc1OCCOS(C)(=O)=O)O[Si](C)(C)C(C)(C)C. The predicted molar refractivity (Wildman–Crippen MR) is 183 cm³/mol. The Balaban J connectivity index is 2.17. The van der Waals surface area contributed by atoms with Crippen LogP contribution in [0.1, 0.15) is 69.4 Å². The van der Waals surface area contributed by atoms with E-state index in [0.717, 1.165) is 17.4 Å². The minimum absolute atomic E-state index is 0.0364. The average molecular weight is 730 g/mol. The van der Waals surface area contributed by atoms with Gasteiger partial charge in [0, 0.05) is 17.6 Å². The highest BCUT2D eigenvalue weighted by molar-refractivity contribution is 9.10. The normalized spacial score (nSPS) is 13.2. The lowest BCUT2D eigenvalue weighted by atomic mass is 10.0. The number of aryl methyl sites for hydroxylation is 1. The predicted octanol–water partition coefficient (Wildman–Crippen LogP) is 6.58. The first kappa shape index (κ1) is 38.7. The highest BCUT2D eigenvalue weighted by atomic mass is 79.9. The molecule has 2 aromatic carbocycles. The van der Waals surface area contributed by atoms with Gasteiger partial charge in [-0.2, -0.15) is 8.42 Å². The molecule has 45 heavy (non-hydrogen) atoms. The molecule has 0 fully saturated rings. The Morgan fingerprint density at radius 1 is 0.956 bits per heavy atom. The van der Waals surface area contributed by atoms with Crippen LogP contribution in [-0.4, -0.2) is 66.5 Å². The van der Waals surface area contributed by atoms with E-state index in [-0.39, 0.29) is 36.8 Å². The summed E-state index contributed by atoms with van der Waals surface area (Å²) in [7, 11) is -5.80. The Hall–Kier alpha value is -2.45. The van der Waals surface area contributed by atoms with E-state index < -0.39 is 30.1 Å². The van der Waals surface area contributed by atoms with Crippen LogP contribution >= 0.6 is 15.9 Å². The maximum absolute atomic E-state index is 13.4. The molecule has 0 unspecified atom stereocenters. The van der Waals surface area contributed by atoms with Crippen molar-refractivity contribution < 1.29 is 36.1 Å². The van der Waals surface area contributed by atoms with Crippen molar-refractivity contribution in [3.8, 4) is 5.75 Å². The summed E-state index contributed by atoms with van der Waals surface area (Å²) in [5.41, 5.74) is 1.78. The average Bonchev–Trinajstić information content (AvgIpc) is 2.89. The zero-order valence-electron chi connectivity index (χ0n) is 27.9. The molecule has 0 aliphatic carbocycles. The molecule has 0 saturated heterocycles. The summed E-state index contributed by atoms with van der Waals surface area (Å²) >= 11 is 3.40. The maximum atomic E-state index is 13.4. The summed E-state index contributed by atoms with van der Waals surface area (Å²) in [5.74, 6) is -0.0421. The highest BCUT2D eigenvalue weighted by Gasteiger charge is 2.39. The van der Waals surface area contributed by atoms with Crippen molar-refractivity contribution in [3.63, 3.8) is 0 Å². The fourth-order valence-electron chi connectivity index (χ4n) is 4.01. The van der Waals surface area contributed by atoms with Crippen molar-refractivity contribution in [2.75, 3.05) is 26.0 Å². The van der Waals surface area contributed by atoms with E-state index in [1.165, 1.54) is 0 Å². The molecular formula is C32H49BrN2O8SSi. The van der Waals surface area contributed by atoms with Crippen LogP contribution in [0.2, 0.25) is 18.1 Å². The second kappa shape index (κ2) is 16.4. The zero-order chi connectivity index (χ0) is 34.1. The molecule has 0 saturated carbocycles. The number of carbonyl (C=O) groups excluding carboxylic acids is 2. The number of benzene rings is 2. The molecule has 0 aliphatic heterocycles. The number of carbonyl (C=O) groups is 2. The van der Waals surface area contributed by atoms with Gasteiger partial charge in [0.25, 0.3) is 16.0 Å². The molecule has 252 valence electrons. The van der Waals surface area contributed by atoms with Crippen LogP contribution in [0.25, 0.3) is 0 Å². The van der Waals surface area contributed by atoms with E-state index in [1.807, 2.05) is 45.0 Å². The number of alkyl carbamates (subject to hydrolysis) is 1. The van der Waals surface area contributed by atoms with Crippen molar-refractivity contribution in [1.82, 2.24) is 10.6 Å². The van der Waals surface area contributed by atoms with Gasteiger partial charge in [-0.3, -0.25) is 8.98 Å². The second-order valence-corrected chi connectivity index (χ2v) is 20.7. The first-order chi connectivity index (χ1) is 20.7. The summed E-state index contributed by atoms with van der Waals surface area (Å²) in [6.07, 6.45) is 1.53. The summed E-state index contributed by atoms with van der Waals surface area (Å²) in [6.45, 7) is 16.7. The fraction of sp³-hybridized carbons (Fsp3) is 0.562. The summed E-state index contributed by atoms with van der Waals surface area (Å²) < 4.78 is 45.9. The van der Waals surface area contributed by atoms with E-state index >= 15 is 0 Å². The fourth-order valence-corrected chi connectivity index (χ4v) is 6.11. The lowest BCUT2D eigenvalue weighted by Gasteiger charge is -2.39. The topological polar surface area (TPSA) is 129 Å². The minimum Gasteiger partial charge on any atom is -0.490 e. The molecule has 13 heteroatoms. The van der Waals surface area contributed by atoms with Gasteiger partial charge in [-0.15, -0.1) is 0 Å². The number of ether oxygens (including phenoxy) is 2. The Bertz CT molecular complexity index is 1400. The van der Waals surface area contributed by atoms with Gasteiger partial charge in [-0.05, 0) is 81.1 Å². The molecule has 0 radical (unpaired) electrons. The van der Waals surface area contributed by atoms with Gasteiger partial charge in [0.15, 0.2) is 8.32 Å². The molecule has 0 aliphatic rings. The van der Waals surface area contributed by atoms with Gasteiger partial charge in [0.1, 0.15) is 24.6 Å². The van der Waals surface area contributed by atoms with Crippen LogP contribution in [0.5, 0.6) is 5.75 Å². The molecule has 2 aromatic rings. The third-order valence-corrected chi connectivity index (χ3v) is 12.9. The van der Waals surface area contributed by atoms with Crippen molar-refractivity contribution in [3.05, 3.63) is 63.6 Å². The Morgan fingerprint density at radius 3 is 2.20 bits per heavy atom. The summed E-state index contributed by atoms with van der Waals surface area (Å²) in [6, 6.07) is 12.9. The van der Waals surface area contributed by atoms with Gasteiger partial charge in [-0.25, -0.2) is 4.79 Å².